The molecule has 0 aliphatic heterocycles. The van der Waals surface area contributed by atoms with Crippen LogP contribution in [0.3, 0.4) is 0 Å². The van der Waals surface area contributed by atoms with Crippen molar-refractivity contribution in [1.29, 1.82) is 0 Å². The molecule has 0 saturated heterocycles. The van der Waals surface area contributed by atoms with E-state index in [0.29, 0.717) is 25.4 Å². The maximum Gasteiger partial charge on any atom is 0.349 e. The minimum atomic E-state index is -1.04. The maximum absolute atomic E-state index is 12.9. The Balaban J connectivity index is 1.61. The van der Waals surface area contributed by atoms with Gasteiger partial charge in [0.25, 0.3) is 0 Å². The maximum atomic E-state index is 12.9. The van der Waals surface area contributed by atoms with Crippen LogP contribution in [0.15, 0.2) is 53.3 Å². The lowest BCUT2D eigenvalue weighted by atomic mass is 10.1. The van der Waals surface area contributed by atoms with E-state index < -0.39 is 5.60 Å². The molecule has 3 rings (SSSR count). The second-order valence-electron chi connectivity index (χ2n) is 9.32. The van der Waals surface area contributed by atoms with E-state index in [1.807, 2.05) is 41.0 Å². The first-order valence-electron chi connectivity index (χ1n) is 12.4. The van der Waals surface area contributed by atoms with E-state index in [1.54, 1.807) is 25.5 Å². The number of carbonyl (C=O) groups excluding carboxylic acids is 1. The first-order chi connectivity index (χ1) is 16.7. The van der Waals surface area contributed by atoms with Crippen molar-refractivity contribution in [2.75, 3.05) is 6.61 Å². The van der Waals surface area contributed by atoms with Gasteiger partial charge in [-0.15, -0.1) is 0 Å². The van der Waals surface area contributed by atoms with Gasteiger partial charge in [0.15, 0.2) is 5.60 Å². The van der Waals surface area contributed by atoms with Crippen LogP contribution in [0.5, 0.6) is 5.75 Å². The quantitative estimate of drug-likeness (QED) is 0.352. The number of hydrogen-bond donors (Lipinski definition) is 0. The summed E-state index contributed by atoms with van der Waals surface area (Å²) in [5.41, 5.74) is 2.33. The predicted molar refractivity (Wildman–Crippen MR) is 137 cm³/mol. The normalized spacial score (nSPS) is 11.5. The second kappa shape index (κ2) is 11.9. The molecule has 3 aromatic rings. The van der Waals surface area contributed by atoms with E-state index in [2.05, 4.69) is 31.1 Å². The molecule has 1 heterocycles. The van der Waals surface area contributed by atoms with Crippen molar-refractivity contribution >= 4 is 5.97 Å². The van der Waals surface area contributed by atoms with Crippen molar-refractivity contribution in [3.63, 3.8) is 0 Å². The summed E-state index contributed by atoms with van der Waals surface area (Å²) in [5, 5.41) is 4.67. The van der Waals surface area contributed by atoms with Gasteiger partial charge in [-0.3, -0.25) is 4.57 Å². The molecule has 7 nitrogen and oxygen atoms in total. The molecular formula is C28H37N3O4. The fourth-order valence-electron chi connectivity index (χ4n) is 3.90. The Morgan fingerprint density at radius 1 is 0.971 bits per heavy atom. The van der Waals surface area contributed by atoms with Crippen LogP contribution in [0.25, 0.3) is 0 Å². The molecule has 0 bridgehead atoms. The molecule has 7 heteroatoms. The third kappa shape index (κ3) is 7.07. The topological polar surface area (TPSA) is 75.3 Å². The van der Waals surface area contributed by atoms with Crippen LogP contribution in [0.2, 0.25) is 0 Å². The van der Waals surface area contributed by atoms with Gasteiger partial charge in [-0.05, 0) is 70.2 Å². The molecule has 35 heavy (non-hydrogen) atoms. The molecule has 0 saturated carbocycles. The Bertz CT molecular complexity index is 1160. The largest absolute Gasteiger partial charge is 0.476 e. The zero-order valence-corrected chi connectivity index (χ0v) is 21.5. The smallest absolute Gasteiger partial charge is 0.349 e. The van der Waals surface area contributed by atoms with Crippen molar-refractivity contribution in [2.45, 2.75) is 79.0 Å². The van der Waals surface area contributed by atoms with Gasteiger partial charge < -0.3 is 9.47 Å². The highest BCUT2D eigenvalue weighted by molar-refractivity contribution is 5.79. The highest BCUT2D eigenvalue weighted by Gasteiger charge is 2.31. The SMILES string of the molecule is CCCn1c(CCCc2ccc(OC(C)(C)C(=O)OCC)cc2)nn(Cc2ccc(C)cc2)c1=O. The minimum Gasteiger partial charge on any atom is -0.476 e. The number of aryl methyl sites for hydroxylation is 3. The number of ether oxygens (including phenoxy) is 2. The second-order valence-corrected chi connectivity index (χ2v) is 9.32. The summed E-state index contributed by atoms with van der Waals surface area (Å²) < 4.78 is 14.3. The van der Waals surface area contributed by atoms with E-state index in [-0.39, 0.29) is 11.7 Å². The average Bonchev–Trinajstić information content (AvgIpc) is 3.11. The summed E-state index contributed by atoms with van der Waals surface area (Å²) in [6, 6.07) is 16.0. The summed E-state index contributed by atoms with van der Waals surface area (Å²) in [5.74, 6) is 1.07. The monoisotopic (exact) mass is 479 g/mol. The highest BCUT2D eigenvalue weighted by Crippen LogP contribution is 2.21. The number of hydrogen-bond acceptors (Lipinski definition) is 5. The van der Waals surface area contributed by atoms with Crippen LogP contribution in [0.4, 0.5) is 0 Å². The van der Waals surface area contributed by atoms with Gasteiger partial charge in [-0.25, -0.2) is 14.3 Å². The lowest BCUT2D eigenvalue weighted by Gasteiger charge is -2.24. The molecule has 0 aliphatic carbocycles. The molecule has 2 aromatic carbocycles. The van der Waals surface area contributed by atoms with Crippen molar-refractivity contribution in [3.8, 4) is 5.75 Å². The summed E-state index contributed by atoms with van der Waals surface area (Å²) in [6.45, 7) is 10.8. The number of nitrogens with zero attached hydrogens (tertiary/aromatic N) is 3. The molecule has 0 N–H and O–H groups in total. The molecule has 0 fully saturated rings. The fourth-order valence-corrected chi connectivity index (χ4v) is 3.90. The standard InChI is InChI=1S/C28H37N3O4/c1-6-19-30-25(29-31(27(30)33)20-23-13-11-21(3)12-14-23)10-8-9-22-15-17-24(18-16-22)35-28(4,5)26(32)34-7-2/h11-18H,6-10,19-20H2,1-5H3. The van der Waals surface area contributed by atoms with Crippen molar-refractivity contribution < 1.29 is 14.3 Å². The van der Waals surface area contributed by atoms with E-state index in [0.717, 1.165) is 42.6 Å². The number of benzene rings is 2. The van der Waals surface area contributed by atoms with Crippen LogP contribution in [-0.4, -0.2) is 32.5 Å². The third-order valence-corrected chi connectivity index (χ3v) is 5.83. The van der Waals surface area contributed by atoms with Crippen molar-refractivity contribution in [1.82, 2.24) is 14.3 Å². The zero-order valence-electron chi connectivity index (χ0n) is 21.5. The van der Waals surface area contributed by atoms with Crippen LogP contribution in [0, 0.1) is 6.92 Å². The summed E-state index contributed by atoms with van der Waals surface area (Å²) in [4.78, 5) is 25.0. The van der Waals surface area contributed by atoms with Crippen LogP contribution < -0.4 is 10.4 Å². The van der Waals surface area contributed by atoms with Crippen molar-refractivity contribution in [3.05, 3.63) is 81.5 Å². The van der Waals surface area contributed by atoms with E-state index in [1.165, 1.54) is 5.56 Å². The van der Waals surface area contributed by atoms with Gasteiger partial charge in [0.1, 0.15) is 11.6 Å². The molecule has 1 aromatic heterocycles. The Hall–Kier alpha value is -3.35. The molecule has 0 unspecified atom stereocenters. The Morgan fingerprint density at radius 2 is 1.63 bits per heavy atom. The molecule has 0 amide bonds. The summed E-state index contributed by atoms with van der Waals surface area (Å²) >= 11 is 0. The van der Waals surface area contributed by atoms with Gasteiger partial charge in [-0.1, -0.05) is 48.9 Å². The van der Waals surface area contributed by atoms with Crippen LogP contribution >= 0.6 is 0 Å². The van der Waals surface area contributed by atoms with Crippen LogP contribution in [-0.2, 0) is 35.5 Å². The molecule has 0 radical (unpaired) electrons. The Morgan fingerprint density at radius 3 is 2.26 bits per heavy atom. The lowest BCUT2D eigenvalue weighted by molar-refractivity contribution is -0.158. The summed E-state index contributed by atoms with van der Waals surface area (Å²) in [6.07, 6.45) is 3.34. The van der Waals surface area contributed by atoms with E-state index in [4.69, 9.17) is 9.47 Å². The Kier molecular flexibility index (Phi) is 8.90. The average molecular weight is 480 g/mol. The molecule has 0 aliphatic rings. The minimum absolute atomic E-state index is 0.0480. The van der Waals surface area contributed by atoms with Gasteiger partial charge in [0.05, 0.1) is 13.2 Å². The third-order valence-electron chi connectivity index (χ3n) is 5.83. The van der Waals surface area contributed by atoms with Gasteiger partial charge in [0, 0.05) is 13.0 Å². The summed E-state index contributed by atoms with van der Waals surface area (Å²) in [7, 11) is 0. The van der Waals surface area contributed by atoms with E-state index >= 15 is 0 Å². The van der Waals surface area contributed by atoms with Gasteiger partial charge >= 0.3 is 11.7 Å². The lowest BCUT2D eigenvalue weighted by Crippen LogP contribution is -2.39. The zero-order chi connectivity index (χ0) is 25.4. The van der Waals surface area contributed by atoms with Crippen molar-refractivity contribution in [2.24, 2.45) is 0 Å². The first-order valence-corrected chi connectivity index (χ1v) is 12.4. The van der Waals surface area contributed by atoms with Crippen LogP contribution in [0.1, 0.15) is 63.1 Å². The number of rotatable bonds is 12. The molecular weight excluding hydrogens is 442 g/mol. The van der Waals surface area contributed by atoms with Gasteiger partial charge in [0.2, 0.25) is 0 Å². The van der Waals surface area contributed by atoms with Gasteiger partial charge in [-0.2, -0.15) is 5.10 Å². The number of carbonyl (C=O) groups is 1. The highest BCUT2D eigenvalue weighted by atomic mass is 16.6. The first kappa shape index (κ1) is 26.3. The molecule has 0 atom stereocenters. The van der Waals surface area contributed by atoms with E-state index in [9.17, 15) is 9.59 Å². The Labute approximate surface area is 207 Å². The predicted octanol–water partition coefficient (Wildman–Crippen LogP) is 4.71. The fraction of sp³-hybridized carbons (Fsp3) is 0.464. The number of esters is 1. The number of aromatic nitrogens is 3. The molecule has 0 spiro atoms. The molecule has 188 valence electrons.